The van der Waals surface area contributed by atoms with Gasteiger partial charge in [-0.1, -0.05) is 0 Å². The van der Waals surface area contributed by atoms with Gasteiger partial charge in [-0.25, -0.2) is 0 Å². The summed E-state index contributed by atoms with van der Waals surface area (Å²) < 4.78 is 6.20. The third kappa shape index (κ3) is 4.38. The first-order valence-corrected chi connectivity index (χ1v) is 12.1. The minimum Gasteiger partial charge on any atom is -0.452 e. The molecule has 0 aliphatic carbocycles. The molecule has 0 aromatic carbocycles. The van der Waals surface area contributed by atoms with Crippen molar-refractivity contribution in [3.05, 3.63) is 0 Å². The van der Waals surface area contributed by atoms with E-state index in [-0.39, 0.29) is 10.0 Å². The van der Waals surface area contributed by atoms with Gasteiger partial charge in [0.25, 0.3) is 0 Å². The highest BCUT2D eigenvalue weighted by atomic mass is 35.5. The molecule has 15 heavy (non-hydrogen) atoms. The minimum absolute atomic E-state index is 0.0412. The van der Waals surface area contributed by atoms with Gasteiger partial charge in [-0.05, 0) is 26.9 Å². The predicted octanol–water partition coefficient (Wildman–Crippen LogP) is 4.04. The van der Waals surface area contributed by atoms with E-state index in [0.29, 0.717) is 11.0 Å². The van der Waals surface area contributed by atoms with Gasteiger partial charge in [0.1, 0.15) is 0 Å². The van der Waals surface area contributed by atoms with Crippen molar-refractivity contribution in [1.82, 2.24) is 0 Å². The Morgan fingerprint density at radius 2 is 1.20 bits per heavy atom. The Kier molecular flexibility index (Phi) is 7.15. The Bertz CT molecular complexity index is 185. The van der Waals surface area contributed by atoms with Crippen LogP contribution in [0.15, 0.2) is 0 Å². The second-order valence-corrected chi connectivity index (χ2v) is 16.2. The zero-order chi connectivity index (χ0) is 12.3. The molecule has 0 aromatic heterocycles. The Balaban J connectivity index is 4.79. The molecule has 0 saturated carbocycles. The van der Waals surface area contributed by atoms with Crippen molar-refractivity contribution in [3.63, 3.8) is 0 Å². The summed E-state index contributed by atoms with van der Waals surface area (Å²) in [7, 11) is -4.19. The van der Waals surface area contributed by atoms with E-state index in [9.17, 15) is 0 Å². The SMILES string of the molecule is CC(Cl)[Si](C)(CCl)O[Si](C)(CCl)C(C)Cl. The molecule has 0 saturated heterocycles. The number of hydrogen-bond donors (Lipinski definition) is 0. The van der Waals surface area contributed by atoms with E-state index in [1.807, 2.05) is 26.9 Å². The third-order valence-electron chi connectivity index (χ3n) is 2.68. The molecule has 1 nitrogen and oxygen atoms in total. The van der Waals surface area contributed by atoms with Gasteiger partial charge in [0, 0.05) is 21.0 Å². The summed E-state index contributed by atoms with van der Waals surface area (Å²) in [5, 5.41) is -0.0825. The van der Waals surface area contributed by atoms with Crippen LogP contribution in [0.5, 0.6) is 0 Å². The lowest BCUT2D eigenvalue weighted by molar-refractivity contribution is 0.531. The summed E-state index contributed by atoms with van der Waals surface area (Å²) in [5.41, 5.74) is 0.946. The maximum Gasteiger partial charge on any atom is 0.209 e. The van der Waals surface area contributed by atoms with E-state index in [0.717, 1.165) is 0 Å². The highest BCUT2D eigenvalue weighted by Gasteiger charge is 2.44. The zero-order valence-corrected chi connectivity index (χ0v) is 14.5. The molecular formula is C8H18Cl4OSi2. The van der Waals surface area contributed by atoms with Crippen molar-refractivity contribution in [1.29, 1.82) is 0 Å². The highest BCUT2D eigenvalue weighted by Crippen LogP contribution is 2.27. The van der Waals surface area contributed by atoms with Crippen LogP contribution >= 0.6 is 46.4 Å². The first kappa shape index (κ1) is 16.6. The van der Waals surface area contributed by atoms with Crippen molar-refractivity contribution in [3.8, 4) is 0 Å². The molecule has 0 heterocycles. The Morgan fingerprint density at radius 3 is 1.33 bits per heavy atom. The molecule has 0 aliphatic rings. The lowest BCUT2D eigenvalue weighted by Gasteiger charge is -2.39. The van der Waals surface area contributed by atoms with Crippen LogP contribution in [0.3, 0.4) is 0 Å². The number of halogens is 4. The lowest BCUT2D eigenvalue weighted by Crippen LogP contribution is -2.59. The molecule has 0 N–H and O–H groups in total. The standard InChI is InChI=1S/C8H18Cl4OSi2/c1-7(11)14(3,5-9)13-15(4,6-10)8(2)12/h7-8H,5-6H2,1-4H3. The Labute approximate surface area is 115 Å². The second kappa shape index (κ2) is 6.48. The maximum absolute atomic E-state index is 6.20. The van der Waals surface area contributed by atoms with Crippen LogP contribution in [0.4, 0.5) is 0 Å². The van der Waals surface area contributed by atoms with Gasteiger partial charge in [-0.2, -0.15) is 0 Å². The van der Waals surface area contributed by atoms with Gasteiger partial charge in [-0.15, -0.1) is 46.4 Å². The van der Waals surface area contributed by atoms with E-state index in [2.05, 4.69) is 0 Å². The van der Waals surface area contributed by atoms with Gasteiger partial charge in [-0.3, -0.25) is 0 Å². The predicted molar refractivity (Wildman–Crippen MR) is 76.4 cm³/mol. The fraction of sp³-hybridized carbons (Fsp3) is 1.00. The topological polar surface area (TPSA) is 9.23 Å². The lowest BCUT2D eigenvalue weighted by atomic mass is 11.0. The van der Waals surface area contributed by atoms with E-state index in [4.69, 9.17) is 50.5 Å². The van der Waals surface area contributed by atoms with Crippen LogP contribution in [0.2, 0.25) is 13.1 Å². The average Bonchev–Trinajstić information content (AvgIpc) is 2.16. The number of rotatable bonds is 6. The van der Waals surface area contributed by atoms with Crippen LogP contribution in [0, 0.1) is 0 Å². The molecular weight excluding hydrogens is 310 g/mol. The average molecular weight is 328 g/mol. The quantitative estimate of drug-likeness (QED) is 0.528. The van der Waals surface area contributed by atoms with E-state index >= 15 is 0 Å². The van der Waals surface area contributed by atoms with Crippen molar-refractivity contribution in [2.24, 2.45) is 0 Å². The number of alkyl halides is 4. The molecule has 0 aliphatic heterocycles. The molecule has 0 aromatic rings. The molecule has 92 valence electrons. The normalized spacial score (nSPS) is 24.0. The molecule has 0 amide bonds. The van der Waals surface area contributed by atoms with Gasteiger partial charge < -0.3 is 4.12 Å². The van der Waals surface area contributed by atoms with Crippen molar-refractivity contribution in [2.75, 3.05) is 11.0 Å². The number of hydrogen-bond acceptors (Lipinski definition) is 1. The first-order chi connectivity index (χ1) is 6.72. The summed E-state index contributed by atoms with van der Waals surface area (Å²) in [6.07, 6.45) is 0. The molecule has 0 spiro atoms. The van der Waals surface area contributed by atoms with Crippen LogP contribution in [0.25, 0.3) is 0 Å². The van der Waals surface area contributed by atoms with E-state index in [1.54, 1.807) is 0 Å². The summed E-state index contributed by atoms with van der Waals surface area (Å²) in [6.45, 7) is 7.93. The summed E-state index contributed by atoms with van der Waals surface area (Å²) in [6, 6.07) is 0. The monoisotopic (exact) mass is 326 g/mol. The van der Waals surface area contributed by atoms with Gasteiger partial charge in [0.15, 0.2) is 0 Å². The third-order valence-corrected chi connectivity index (χ3v) is 16.8. The van der Waals surface area contributed by atoms with Gasteiger partial charge in [0.05, 0.1) is 0 Å². The van der Waals surface area contributed by atoms with E-state index < -0.39 is 16.6 Å². The summed E-state index contributed by atoms with van der Waals surface area (Å²) in [4.78, 5) is 0. The Morgan fingerprint density at radius 1 is 0.933 bits per heavy atom. The largest absolute Gasteiger partial charge is 0.452 e. The minimum atomic E-state index is -2.10. The van der Waals surface area contributed by atoms with Crippen LogP contribution in [0.1, 0.15) is 13.8 Å². The molecule has 0 bridgehead atoms. The van der Waals surface area contributed by atoms with Gasteiger partial charge in [0.2, 0.25) is 16.6 Å². The molecule has 7 heteroatoms. The Hall–Kier alpha value is 1.55. The second-order valence-electron chi connectivity index (χ2n) is 4.23. The molecule has 0 rings (SSSR count). The summed E-state index contributed by atoms with van der Waals surface area (Å²) >= 11 is 24.2. The summed E-state index contributed by atoms with van der Waals surface area (Å²) in [5.74, 6) is 0. The fourth-order valence-electron chi connectivity index (χ4n) is 0.962. The van der Waals surface area contributed by atoms with Crippen LogP contribution < -0.4 is 0 Å². The first-order valence-electron chi connectivity index (χ1n) is 4.82. The smallest absolute Gasteiger partial charge is 0.209 e. The molecule has 4 atom stereocenters. The maximum atomic E-state index is 6.20. The van der Waals surface area contributed by atoms with Crippen LogP contribution in [-0.4, -0.2) is 37.6 Å². The van der Waals surface area contributed by atoms with Crippen LogP contribution in [-0.2, 0) is 4.12 Å². The van der Waals surface area contributed by atoms with Crippen molar-refractivity contribution in [2.45, 2.75) is 36.9 Å². The molecule has 0 radical (unpaired) electrons. The van der Waals surface area contributed by atoms with Crippen molar-refractivity contribution < 1.29 is 4.12 Å². The van der Waals surface area contributed by atoms with Gasteiger partial charge >= 0.3 is 0 Å². The van der Waals surface area contributed by atoms with E-state index in [1.165, 1.54) is 0 Å². The van der Waals surface area contributed by atoms with Crippen molar-refractivity contribution >= 4 is 63.0 Å². The highest BCUT2D eigenvalue weighted by molar-refractivity contribution is 6.96. The molecule has 0 fully saturated rings. The zero-order valence-electron chi connectivity index (χ0n) is 9.49. The molecule has 4 unspecified atom stereocenters. The fourth-order valence-corrected chi connectivity index (χ4v) is 11.5.